The van der Waals surface area contributed by atoms with Gasteiger partial charge in [0.2, 0.25) is 0 Å². The van der Waals surface area contributed by atoms with Gasteiger partial charge in [-0.2, -0.15) is 0 Å². The third-order valence-electron chi connectivity index (χ3n) is 3.94. The molecule has 3 nitrogen and oxygen atoms in total. The van der Waals surface area contributed by atoms with E-state index in [1.54, 1.807) is 28.1 Å². The molecule has 1 heterocycles. The lowest BCUT2D eigenvalue weighted by molar-refractivity contribution is 0.0258. The zero-order valence-electron chi connectivity index (χ0n) is 17.9. The van der Waals surface area contributed by atoms with E-state index in [1.807, 2.05) is 34.6 Å². The Morgan fingerprint density at radius 1 is 1.21 bits per heavy atom. The fraction of sp³-hybridized carbons (Fsp3) is 0.500. The maximum absolute atomic E-state index is 12.5. The number of thioether (sulfide) groups is 2. The van der Waals surface area contributed by atoms with Crippen LogP contribution in [-0.4, -0.2) is 35.4 Å². The number of halogens is 2. The van der Waals surface area contributed by atoms with Crippen molar-refractivity contribution in [1.29, 1.82) is 0 Å². The molecular weight excluding hydrogens is 445 g/mol. The summed E-state index contributed by atoms with van der Waals surface area (Å²) in [4.78, 5) is 16.2. The van der Waals surface area contributed by atoms with Crippen molar-refractivity contribution in [3.8, 4) is 0 Å². The van der Waals surface area contributed by atoms with Crippen molar-refractivity contribution in [3.05, 3.63) is 50.7 Å². The second kappa shape index (κ2) is 12.2. The number of carbonyl (C=O) groups excluding carboxylic acids is 1. The first-order valence-corrected chi connectivity index (χ1v) is 12.3. The molecule has 0 atom stereocenters. The van der Waals surface area contributed by atoms with Crippen molar-refractivity contribution < 1.29 is 9.53 Å². The van der Waals surface area contributed by atoms with Gasteiger partial charge in [-0.25, -0.2) is 4.79 Å². The Morgan fingerprint density at radius 2 is 1.79 bits per heavy atom. The molecule has 0 fully saturated rings. The van der Waals surface area contributed by atoms with Gasteiger partial charge >= 0.3 is 6.09 Å². The normalized spacial score (nSPS) is 13.6. The minimum Gasteiger partial charge on any atom is -0.444 e. The molecule has 1 aromatic carbocycles. The highest BCUT2D eigenvalue weighted by Gasteiger charge is 2.27. The van der Waals surface area contributed by atoms with Crippen molar-refractivity contribution in [3.63, 3.8) is 0 Å². The SMILES string of the molecule is C=CSC(=C)CSc1c(Cl)cc(Cl)c2c1CCN(C(=O)OC(C)(C)C)CC2.CC. The van der Waals surface area contributed by atoms with E-state index in [0.29, 0.717) is 36.0 Å². The Hall–Kier alpha value is -0.750. The van der Waals surface area contributed by atoms with E-state index in [1.165, 1.54) is 11.8 Å². The van der Waals surface area contributed by atoms with Gasteiger partial charge in [0.15, 0.2) is 0 Å². The van der Waals surface area contributed by atoms with E-state index in [4.69, 9.17) is 27.9 Å². The highest BCUT2D eigenvalue weighted by atomic mass is 35.5. The molecule has 1 aromatic rings. The molecule has 0 aliphatic carbocycles. The molecule has 29 heavy (non-hydrogen) atoms. The van der Waals surface area contributed by atoms with Gasteiger partial charge in [0, 0.05) is 28.8 Å². The Labute approximate surface area is 194 Å². The van der Waals surface area contributed by atoms with E-state index in [2.05, 4.69) is 13.2 Å². The number of carbonyl (C=O) groups is 1. The number of ether oxygens (including phenoxy) is 1. The summed E-state index contributed by atoms with van der Waals surface area (Å²) in [5.74, 6) is 0.736. The number of amides is 1. The second-order valence-corrected chi connectivity index (χ2v) is 10.2. The number of nitrogens with zero attached hydrogens (tertiary/aromatic N) is 1. The summed E-state index contributed by atoms with van der Waals surface area (Å²) in [6.45, 7) is 18.5. The van der Waals surface area contributed by atoms with Gasteiger partial charge < -0.3 is 9.64 Å². The van der Waals surface area contributed by atoms with E-state index in [-0.39, 0.29) is 6.09 Å². The van der Waals surface area contributed by atoms with Crippen molar-refractivity contribution in [2.24, 2.45) is 0 Å². The van der Waals surface area contributed by atoms with Gasteiger partial charge in [0.05, 0.1) is 5.02 Å². The number of hydrogen-bond donors (Lipinski definition) is 0. The molecule has 1 aliphatic rings. The third kappa shape index (κ3) is 8.12. The number of hydrogen-bond acceptors (Lipinski definition) is 4. The first-order chi connectivity index (χ1) is 13.6. The third-order valence-corrected chi connectivity index (χ3v) is 6.76. The summed E-state index contributed by atoms with van der Waals surface area (Å²) in [6, 6.07) is 1.80. The smallest absolute Gasteiger partial charge is 0.410 e. The van der Waals surface area contributed by atoms with Gasteiger partial charge in [0.25, 0.3) is 0 Å². The molecule has 0 spiro atoms. The molecule has 0 radical (unpaired) electrons. The Bertz CT molecular complexity index is 745. The van der Waals surface area contributed by atoms with Crippen LogP contribution in [0.2, 0.25) is 10.0 Å². The summed E-state index contributed by atoms with van der Waals surface area (Å²) < 4.78 is 5.52. The van der Waals surface area contributed by atoms with Crippen LogP contribution in [0.15, 0.2) is 34.4 Å². The van der Waals surface area contributed by atoms with Crippen molar-refractivity contribution in [1.82, 2.24) is 4.90 Å². The van der Waals surface area contributed by atoms with E-state index < -0.39 is 5.60 Å². The van der Waals surface area contributed by atoms with Gasteiger partial charge in [-0.1, -0.05) is 50.2 Å². The molecular formula is C22H31Cl2NO2S2. The lowest BCUT2D eigenvalue weighted by atomic mass is 10.0. The van der Waals surface area contributed by atoms with Crippen LogP contribution < -0.4 is 0 Å². The van der Waals surface area contributed by atoms with Crippen molar-refractivity contribution in [2.45, 2.75) is 58.0 Å². The minimum atomic E-state index is -0.513. The quantitative estimate of drug-likeness (QED) is 0.405. The Morgan fingerprint density at radius 3 is 2.34 bits per heavy atom. The lowest BCUT2D eigenvalue weighted by Crippen LogP contribution is -2.38. The maximum atomic E-state index is 12.5. The highest BCUT2D eigenvalue weighted by molar-refractivity contribution is 8.07. The summed E-state index contributed by atoms with van der Waals surface area (Å²) in [6.07, 6.45) is 1.08. The fourth-order valence-electron chi connectivity index (χ4n) is 2.80. The lowest BCUT2D eigenvalue weighted by Gasteiger charge is -2.26. The predicted octanol–water partition coefficient (Wildman–Crippen LogP) is 7.84. The topological polar surface area (TPSA) is 29.5 Å². The van der Waals surface area contributed by atoms with Crippen LogP contribution in [-0.2, 0) is 17.6 Å². The van der Waals surface area contributed by atoms with Gasteiger partial charge in [0.1, 0.15) is 5.60 Å². The molecule has 0 bridgehead atoms. The maximum Gasteiger partial charge on any atom is 0.410 e. The largest absolute Gasteiger partial charge is 0.444 e. The van der Waals surface area contributed by atoms with E-state index >= 15 is 0 Å². The van der Waals surface area contributed by atoms with Crippen LogP contribution in [0.5, 0.6) is 0 Å². The standard InChI is InChI=1S/C20H25Cl2NO2S2.C2H6/c1-6-26-13(2)12-27-18-15-8-10-23(19(24)25-20(3,4)5)9-7-14(15)16(21)11-17(18)22;1-2/h6,11H,1-2,7-10,12H2,3-5H3;1-2H3. The van der Waals surface area contributed by atoms with Crippen LogP contribution in [0.3, 0.4) is 0 Å². The molecule has 0 unspecified atom stereocenters. The molecule has 162 valence electrons. The van der Waals surface area contributed by atoms with Crippen molar-refractivity contribution in [2.75, 3.05) is 18.8 Å². The average Bonchev–Trinajstić information content (AvgIpc) is 2.85. The zero-order chi connectivity index (χ0) is 22.2. The summed E-state index contributed by atoms with van der Waals surface area (Å²) in [7, 11) is 0. The minimum absolute atomic E-state index is 0.289. The fourth-order valence-corrected chi connectivity index (χ4v) is 5.15. The summed E-state index contributed by atoms with van der Waals surface area (Å²) >= 11 is 16.1. The first-order valence-electron chi connectivity index (χ1n) is 9.68. The molecule has 2 rings (SSSR count). The Kier molecular flexibility index (Phi) is 11.0. The predicted molar refractivity (Wildman–Crippen MR) is 131 cm³/mol. The number of benzene rings is 1. The van der Waals surface area contributed by atoms with Gasteiger partial charge in [-0.3, -0.25) is 0 Å². The van der Waals surface area contributed by atoms with Crippen LogP contribution >= 0.6 is 46.7 Å². The molecule has 0 saturated carbocycles. The molecule has 0 saturated heterocycles. The van der Waals surface area contributed by atoms with Crippen LogP contribution in [0.4, 0.5) is 4.79 Å². The number of fused-ring (bicyclic) bond motifs is 1. The van der Waals surface area contributed by atoms with Gasteiger partial charge in [-0.15, -0.1) is 23.5 Å². The van der Waals surface area contributed by atoms with E-state index in [9.17, 15) is 4.79 Å². The highest BCUT2D eigenvalue weighted by Crippen LogP contribution is 2.40. The molecule has 7 heteroatoms. The van der Waals surface area contributed by atoms with Gasteiger partial charge in [-0.05, 0) is 61.1 Å². The van der Waals surface area contributed by atoms with Crippen LogP contribution in [0, 0.1) is 0 Å². The van der Waals surface area contributed by atoms with Crippen molar-refractivity contribution >= 4 is 52.8 Å². The molecule has 1 amide bonds. The number of rotatable bonds is 5. The summed E-state index contributed by atoms with van der Waals surface area (Å²) in [5, 5.41) is 3.07. The molecule has 0 N–H and O–H groups in total. The second-order valence-electron chi connectivity index (χ2n) is 7.21. The molecule has 1 aliphatic heterocycles. The van der Waals surface area contributed by atoms with Crippen LogP contribution in [0.25, 0.3) is 0 Å². The van der Waals surface area contributed by atoms with E-state index in [0.717, 1.165) is 26.7 Å². The zero-order valence-corrected chi connectivity index (χ0v) is 21.1. The molecule has 0 aromatic heterocycles. The first kappa shape index (κ1) is 26.3. The monoisotopic (exact) mass is 475 g/mol. The average molecular weight is 477 g/mol. The summed E-state index contributed by atoms with van der Waals surface area (Å²) in [5.41, 5.74) is 1.68. The van der Waals surface area contributed by atoms with Crippen LogP contribution in [0.1, 0.15) is 45.7 Å². The Balaban J connectivity index is 0.00000204.